The number of benzene rings is 3. The number of ether oxygens (including phenoxy) is 3. The van der Waals surface area contributed by atoms with Crippen LogP contribution in [0.4, 0.5) is 0 Å². The van der Waals surface area contributed by atoms with Gasteiger partial charge in [0.15, 0.2) is 0 Å². The summed E-state index contributed by atoms with van der Waals surface area (Å²) in [6.07, 6.45) is 0.559. The van der Waals surface area contributed by atoms with Crippen molar-refractivity contribution >= 4 is 36.1 Å². The summed E-state index contributed by atoms with van der Waals surface area (Å²) in [6.45, 7) is 1.91. The fourth-order valence-electron chi connectivity index (χ4n) is 4.70. The second-order valence-corrected chi connectivity index (χ2v) is 11.2. The van der Waals surface area contributed by atoms with Crippen LogP contribution in [0.15, 0.2) is 91.0 Å². The summed E-state index contributed by atoms with van der Waals surface area (Å²) in [5, 5.41) is 7.58. The van der Waals surface area contributed by atoms with Crippen LogP contribution in [-0.2, 0) is 62.8 Å². The number of nitrogens with one attached hydrogen (secondary N) is 3. The zero-order valence-corrected chi connectivity index (χ0v) is 27.5. The van der Waals surface area contributed by atoms with E-state index in [-0.39, 0.29) is 45.5 Å². The van der Waals surface area contributed by atoms with Crippen molar-refractivity contribution in [1.29, 1.82) is 0 Å². The molecule has 0 saturated carbocycles. The Labute approximate surface area is 285 Å². The fourth-order valence-corrected chi connectivity index (χ4v) is 4.70. The number of esters is 3. The minimum absolute atomic E-state index is 0.0480. The molecule has 0 fully saturated rings. The first-order valence-corrected chi connectivity index (χ1v) is 16.2. The van der Waals surface area contributed by atoms with Gasteiger partial charge in [0.2, 0.25) is 18.2 Å². The standard InChI is InChI=1S/C37H43N3O9/c1-2-12-31(36(45)48-24-28-15-8-4-9-16-28)39-33(42)21-19-30(38-26-41)35(44)40-32(37(46)49-25-29-17-10-5-11-18-29)20-22-34(43)47-23-27-13-6-3-7-14-27/h3-11,13-18,26,30-32H,2,12,19-25H2,1H3,(H,38,41)(H,39,42)(H,40,44). The van der Waals surface area contributed by atoms with E-state index < -0.39 is 47.8 Å². The van der Waals surface area contributed by atoms with Crippen LogP contribution in [0.3, 0.4) is 0 Å². The lowest BCUT2D eigenvalue weighted by molar-refractivity contribution is -0.151. The monoisotopic (exact) mass is 673 g/mol. The highest BCUT2D eigenvalue weighted by atomic mass is 16.5. The van der Waals surface area contributed by atoms with Crippen molar-refractivity contribution in [3.8, 4) is 0 Å². The number of amides is 3. The molecule has 12 heteroatoms. The molecule has 0 aliphatic rings. The van der Waals surface area contributed by atoms with Gasteiger partial charge >= 0.3 is 17.9 Å². The van der Waals surface area contributed by atoms with Crippen molar-refractivity contribution in [1.82, 2.24) is 16.0 Å². The molecular weight excluding hydrogens is 630 g/mol. The first-order chi connectivity index (χ1) is 23.8. The molecule has 0 radical (unpaired) electrons. The molecule has 3 atom stereocenters. The molecule has 0 aromatic heterocycles. The van der Waals surface area contributed by atoms with E-state index in [1.54, 1.807) is 36.4 Å². The van der Waals surface area contributed by atoms with Gasteiger partial charge in [0.25, 0.3) is 0 Å². The first kappa shape index (κ1) is 37.9. The predicted molar refractivity (Wildman–Crippen MR) is 179 cm³/mol. The molecule has 0 aliphatic carbocycles. The third kappa shape index (κ3) is 14.4. The summed E-state index contributed by atoms with van der Waals surface area (Å²) < 4.78 is 16.1. The second kappa shape index (κ2) is 21.4. The van der Waals surface area contributed by atoms with Gasteiger partial charge in [0.05, 0.1) is 0 Å². The van der Waals surface area contributed by atoms with E-state index in [4.69, 9.17) is 14.2 Å². The summed E-state index contributed by atoms with van der Waals surface area (Å²) in [5.41, 5.74) is 2.32. The second-order valence-electron chi connectivity index (χ2n) is 11.2. The van der Waals surface area contributed by atoms with Crippen LogP contribution in [0, 0.1) is 0 Å². The average Bonchev–Trinajstić information content (AvgIpc) is 3.13. The SMILES string of the molecule is CCCC(NC(=O)CCC(NC=O)C(=O)NC(CCC(=O)OCc1ccccc1)C(=O)OCc1ccccc1)C(=O)OCc1ccccc1. The Balaban J connectivity index is 1.58. The van der Waals surface area contributed by atoms with Crippen LogP contribution in [0.5, 0.6) is 0 Å². The molecule has 0 heterocycles. The van der Waals surface area contributed by atoms with Crippen LogP contribution in [0.2, 0.25) is 0 Å². The van der Waals surface area contributed by atoms with E-state index in [0.717, 1.165) is 16.7 Å². The average molecular weight is 674 g/mol. The van der Waals surface area contributed by atoms with E-state index >= 15 is 0 Å². The van der Waals surface area contributed by atoms with Crippen LogP contribution in [-0.4, -0.2) is 54.3 Å². The Bertz CT molecular complexity index is 1490. The summed E-state index contributed by atoms with van der Waals surface area (Å²) in [4.78, 5) is 75.8. The number of hydrogen-bond acceptors (Lipinski definition) is 9. The molecule has 12 nitrogen and oxygen atoms in total. The minimum atomic E-state index is -1.25. The fraction of sp³-hybridized carbons (Fsp3) is 0.351. The van der Waals surface area contributed by atoms with Crippen molar-refractivity contribution in [2.24, 2.45) is 0 Å². The van der Waals surface area contributed by atoms with Gasteiger partial charge in [-0.05, 0) is 36.0 Å². The van der Waals surface area contributed by atoms with E-state index in [9.17, 15) is 28.8 Å². The van der Waals surface area contributed by atoms with Crippen molar-refractivity contribution in [2.75, 3.05) is 0 Å². The van der Waals surface area contributed by atoms with E-state index in [1.807, 2.05) is 61.5 Å². The predicted octanol–water partition coefficient (Wildman–Crippen LogP) is 3.66. The normalized spacial score (nSPS) is 12.3. The Morgan fingerprint density at radius 1 is 0.592 bits per heavy atom. The molecule has 0 spiro atoms. The number of hydrogen-bond donors (Lipinski definition) is 3. The largest absolute Gasteiger partial charge is 0.461 e. The highest BCUT2D eigenvalue weighted by Crippen LogP contribution is 2.10. The van der Waals surface area contributed by atoms with Gasteiger partial charge in [0.1, 0.15) is 37.9 Å². The summed E-state index contributed by atoms with van der Waals surface area (Å²) in [7, 11) is 0. The quantitative estimate of drug-likeness (QED) is 0.0869. The van der Waals surface area contributed by atoms with E-state index in [0.29, 0.717) is 19.3 Å². The Kier molecular flexibility index (Phi) is 16.5. The van der Waals surface area contributed by atoms with Gasteiger partial charge in [-0.25, -0.2) is 9.59 Å². The molecule has 3 unspecified atom stereocenters. The molecule has 49 heavy (non-hydrogen) atoms. The third-order valence-electron chi connectivity index (χ3n) is 7.37. The first-order valence-electron chi connectivity index (χ1n) is 16.2. The maximum absolute atomic E-state index is 13.3. The Morgan fingerprint density at radius 3 is 1.51 bits per heavy atom. The highest BCUT2D eigenvalue weighted by molar-refractivity contribution is 5.90. The van der Waals surface area contributed by atoms with Crippen LogP contribution in [0.25, 0.3) is 0 Å². The van der Waals surface area contributed by atoms with Gasteiger partial charge in [0, 0.05) is 12.8 Å². The molecule has 0 saturated heterocycles. The van der Waals surface area contributed by atoms with Crippen LogP contribution in [0.1, 0.15) is 62.1 Å². The molecule has 0 bridgehead atoms. The molecule has 3 amide bonds. The number of carbonyl (C=O) groups is 6. The highest BCUT2D eigenvalue weighted by Gasteiger charge is 2.29. The topological polar surface area (TPSA) is 166 Å². The number of rotatable bonds is 21. The molecule has 3 aromatic carbocycles. The molecule has 3 N–H and O–H groups in total. The van der Waals surface area contributed by atoms with Gasteiger partial charge < -0.3 is 30.2 Å². The summed E-state index contributed by atoms with van der Waals surface area (Å²) in [6, 6.07) is 23.8. The molecule has 3 aromatic rings. The van der Waals surface area contributed by atoms with Gasteiger partial charge in [-0.15, -0.1) is 0 Å². The zero-order valence-electron chi connectivity index (χ0n) is 27.5. The van der Waals surface area contributed by atoms with Gasteiger partial charge in [-0.3, -0.25) is 19.2 Å². The van der Waals surface area contributed by atoms with Crippen molar-refractivity contribution in [3.05, 3.63) is 108 Å². The molecule has 3 rings (SSSR count). The lowest BCUT2D eigenvalue weighted by Crippen LogP contribution is -2.51. The van der Waals surface area contributed by atoms with Gasteiger partial charge in [-0.2, -0.15) is 0 Å². The molecule has 260 valence electrons. The third-order valence-corrected chi connectivity index (χ3v) is 7.37. The van der Waals surface area contributed by atoms with Gasteiger partial charge in [-0.1, -0.05) is 104 Å². The van der Waals surface area contributed by atoms with E-state index in [2.05, 4.69) is 16.0 Å². The van der Waals surface area contributed by atoms with Crippen molar-refractivity contribution in [2.45, 2.75) is 83.4 Å². The van der Waals surface area contributed by atoms with Crippen molar-refractivity contribution < 1.29 is 43.0 Å². The summed E-state index contributed by atoms with van der Waals surface area (Å²) >= 11 is 0. The Hall–Kier alpha value is -5.52. The molecular formula is C37H43N3O9. The van der Waals surface area contributed by atoms with Crippen LogP contribution >= 0.6 is 0 Å². The molecule has 0 aliphatic heterocycles. The lowest BCUT2D eigenvalue weighted by Gasteiger charge is -2.22. The smallest absolute Gasteiger partial charge is 0.328 e. The zero-order chi connectivity index (χ0) is 35.3. The van der Waals surface area contributed by atoms with Crippen LogP contribution < -0.4 is 16.0 Å². The van der Waals surface area contributed by atoms with E-state index in [1.165, 1.54) is 0 Å². The number of carbonyl (C=O) groups excluding carboxylic acids is 6. The Morgan fingerprint density at radius 2 is 1.04 bits per heavy atom. The maximum atomic E-state index is 13.3. The maximum Gasteiger partial charge on any atom is 0.328 e. The van der Waals surface area contributed by atoms with Crippen molar-refractivity contribution in [3.63, 3.8) is 0 Å². The lowest BCUT2D eigenvalue weighted by atomic mass is 10.1. The minimum Gasteiger partial charge on any atom is -0.461 e. The summed E-state index contributed by atoms with van der Waals surface area (Å²) in [5.74, 6) is -3.24.